The van der Waals surface area contributed by atoms with Crippen LogP contribution in [-0.4, -0.2) is 10.9 Å². The molecule has 28 heavy (non-hydrogen) atoms. The largest absolute Gasteiger partial charge is 0.464 e. The fourth-order valence-corrected chi connectivity index (χ4v) is 2.94. The number of amides is 1. The van der Waals surface area contributed by atoms with E-state index in [9.17, 15) is 9.18 Å². The summed E-state index contributed by atoms with van der Waals surface area (Å²) in [5, 5.41) is 6.80. The molecule has 2 heterocycles. The van der Waals surface area contributed by atoms with Gasteiger partial charge in [0.2, 0.25) is 0 Å². The van der Waals surface area contributed by atoms with Crippen LogP contribution in [0.5, 0.6) is 0 Å². The van der Waals surface area contributed by atoms with Crippen LogP contribution in [0.4, 0.5) is 15.9 Å². The number of hydrogen-bond donors (Lipinski definition) is 2. The Bertz CT molecular complexity index is 1110. The third kappa shape index (κ3) is 3.71. The molecule has 0 aliphatic rings. The van der Waals surface area contributed by atoms with Gasteiger partial charge in [-0.05, 0) is 42.8 Å². The van der Waals surface area contributed by atoms with E-state index in [0.717, 1.165) is 10.9 Å². The maximum Gasteiger partial charge on any atom is 0.270 e. The number of aromatic nitrogens is 1. The van der Waals surface area contributed by atoms with E-state index in [4.69, 9.17) is 4.42 Å². The first kappa shape index (κ1) is 17.7. The van der Waals surface area contributed by atoms with Crippen molar-refractivity contribution in [3.05, 3.63) is 90.1 Å². The molecule has 5 nitrogen and oxygen atoms in total. The van der Waals surface area contributed by atoms with Crippen molar-refractivity contribution < 1.29 is 13.6 Å². The number of halogens is 1. The Labute approximate surface area is 161 Å². The zero-order chi connectivity index (χ0) is 19.5. The lowest BCUT2D eigenvalue weighted by molar-refractivity contribution is 0.0935. The average Bonchev–Trinajstić information content (AvgIpc) is 3.19. The van der Waals surface area contributed by atoms with Gasteiger partial charge in [-0.15, -0.1) is 0 Å². The normalized spacial score (nSPS) is 11.9. The lowest BCUT2D eigenvalue weighted by Gasteiger charge is -2.15. The number of benzene rings is 2. The molecule has 0 spiro atoms. The molecular weight excluding hydrogens is 357 g/mol. The van der Waals surface area contributed by atoms with Gasteiger partial charge in [0, 0.05) is 11.8 Å². The zero-order valence-electron chi connectivity index (χ0n) is 15.1. The Morgan fingerprint density at radius 3 is 2.57 bits per heavy atom. The Kier molecular flexibility index (Phi) is 4.76. The number of carbonyl (C=O) groups is 1. The summed E-state index contributed by atoms with van der Waals surface area (Å²) < 4.78 is 18.6. The van der Waals surface area contributed by atoms with Crippen LogP contribution in [0.1, 0.15) is 29.0 Å². The smallest absolute Gasteiger partial charge is 0.270 e. The van der Waals surface area contributed by atoms with Gasteiger partial charge >= 0.3 is 0 Å². The van der Waals surface area contributed by atoms with Gasteiger partial charge in [0.1, 0.15) is 22.9 Å². The number of carbonyl (C=O) groups excluding carboxylic acids is 1. The lowest BCUT2D eigenvalue weighted by atomic mass is 10.1. The summed E-state index contributed by atoms with van der Waals surface area (Å²) in [6.07, 6.45) is 1.54. The highest BCUT2D eigenvalue weighted by atomic mass is 19.1. The van der Waals surface area contributed by atoms with E-state index in [2.05, 4.69) is 15.6 Å². The predicted molar refractivity (Wildman–Crippen MR) is 106 cm³/mol. The molecule has 0 fully saturated rings. The molecule has 0 aliphatic carbocycles. The minimum atomic E-state index is -0.324. The van der Waals surface area contributed by atoms with Crippen molar-refractivity contribution in [2.75, 3.05) is 5.32 Å². The van der Waals surface area contributed by atoms with Crippen molar-refractivity contribution in [2.45, 2.75) is 13.0 Å². The number of rotatable bonds is 5. The van der Waals surface area contributed by atoms with Crippen LogP contribution in [0.2, 0.25) is 0 Å². The summed E-state index contributed by atoms with van der Waals surface area (Å²) in [5.74, 6) is -0.165. The highest BCUT2D eigenvalue weighted by Gasteiger charge is 2.17. The summed E-state index contributed by atoms with van der Waals surface area (Å²) >= 11 is 0. The Morgan fingerprint density at radius 1 is 1.07 bits per heavy atom. The number of furan rings is 1. The van der Waals surface area contributed by atoms with E-state index < -0.39 is 0 Å². The second-order valence-electron chi connectivity index (χ2n) is 6.43. The highest BCUT2D eigenvalue weighted by Crippen LogP contribution is 2.27. The van der Waals surface area contributed by atoms with Crippen LogP contribution in [0.15, 0.2) is 77.4 Å². The Balaban J connectivity index is 1.62. The number of pyridine rings is 1. The zero-order valence-corrected chi connectivity index (χ0v) is 15.1. The topological polar surface area (TPSA) is 67.2 Å². The highest BCUT2D eigenvalue weighted by molar-refractivity contribution is 5.99. The molecule has 4 rings (SSSR count). The predicted octanol–water partition coefficient (Wildman–Crippen LogP) is 5.20. The summed E-state index contributed by atoms with van der Waals surface area (Å²) in [6, 6.07) is 18.8. The molecule has 0 aliphatic heterocycles. The van der Waals surface area contributed by atoms with Crippen molar-refractivity contribution >= 4 is 28.4 Å². The maximum absolute atomic E-state index is 13.1. The van der Waals surface area contributed by atoms with Gasteiger partial charge in [0.25, 0.3) is 5.91 Å². The second kappa shape index (κ2) is 7.52. The SMILES string of the molecule is C[C@H](NC(=O)c1cc2occc2c(Nc2ccc(F)cc2)n1)c1ccccc1. The van der Waals surface area contributed by atoms with Crippen LogP contribution in [0.25, 0.3) is 11.0 Å². The van der Waals surface area contributed by atoms with Gasteiger partial charge in [-0.2, -0.15) is 0 Å². The minimum absolute atomic E-state index is 0.170. The lowest BCUT2D eigenvalue weighted by Crippen LogP contribution is -2.27. The van der Waals surface area contributed by atoms with Crippen molar-refractivity contribution in [2.24, 2.45) is 0 Å². The molecule has 0 radical (unpaired) electrons. The van der Waals surface area contributed by atoms with Crippen LogP contribution < -0.4 is 10.6 Å². The van der Waals surface area contributed by atoms with Crippen molar-refractivity contribution in [1.82, 2.24) is 10.3 Å². The summed E-state index contributed by atoms with van der Waals surface area (Å²) in [7, 11) is 0. The molecule has 1 atom stereocenters. The fraction of sp³-hybridized carbons (Fsp3) is 0.0909. The first-order valence-corrected chi connectivity index (χ1v) is 8.87. The maximum atomic E-state index is 13.1. The molecule has 0 unspecified atom stereocenters. The first-order chi connectivity index (χ1) is 13.6. The minimum Gasteiger partial charge on any atom is -0.464 e. The van der Waals surface area contributed by atoms with Crippen LogP contribution >= 0.6 is 0 Å². The van der Waals surface area contributed by atoms with Crippen LogP contribution in [0, 0.1) is 5.82 Å². The molecule has 0 bridgehead atoms. The van der Waals surface area contributed by atoms with E-state index in [1.54, 1.807) is 24.3 Å². The molecule has 0 saturated heterocycles. The molecule has 140 valence electrons. The third-order valence-corrected chi connectivity index (χ3v) is 4.44. The van der Waals surface area contributed by atoms with E-state index >= 15 is 0 Å². The molecule has 2 N–H and O–H groups in total. The van der Waals surface area contributed by atoms with Gasteiger partial charge in [-0.1, -0.05) is 30.3 Å². The number of nitrogens with zero attached hydrogens (tertiary/aromatic N) is 1. The summed E-state index contributed by atoms with van der Waals surface area (Å²) in [5.41, 5.74) is 2.43. The summed E-state index contributed by atoms with van der Waals surface area (Å²) in [4.78, 5) is 17.2. The molecule has 2 aromatic carbocycles. The second-order valence-corrected chi connectivity index (χ2v) is 6.43. The molecule has 2 aromatic heterocycles. The van der Waals surface area contributed by atoms with Gasteiger partial charge in [0.05, 0.1) is 17.7 Å². The number of anilines is 2. The summed E-state index contributed by atoms with van der Waals surface area (Å²) in [6.45, 7) is 1.91. The molecule has 0 saturated carbocycles. The standard InChI is InChI=1S/C22H18FN3O2/c1-14(15-5-3-2-4-6-15)24-22(27)19-13-20-18(11-12-28-20)21(26-19)25-17-9-7-16(23)8-10-17/h2-14H,1H3,(H,24,27)(H,25,26)/t14-/m0/s1. The third-order valence-electron chi connectivity index (χ3n) is 4.44. The monoisotopic (exact) mass is 375 g/mol. The van der Waals surface area contributed by atoms with E-state index in [1.165, 1.54) is 18.4 Å². The van der Waals surface area contributed by atoms with Gasteiger partial charge in [-0.25, -0.2) is 9.37 Å². The average molecular weight is 375 g/mol. The van der Waals surface area contributed by atoms with E-state index in [0.29, 0.717) is 17.1 Å². The first-order valence-electron chi connectivity index (χ1n) is 8.87. The van der Waals surface area contributed by atoms with Crippen molar-refractivity contribution in [3.8, 4) is 0 Å². The van der Waals surface area contributed by atoms with Gasteiger partial charge in [0.15, 0.2) is 0 Å². The molecular formula is C22H18FN3O2. The molecule has 4 aromatic rings. The van der Waals surface area contributed by atoms with Crippen molar-refractivity contribution in [1.29, 1.82) is 0 Å². The van der Waals surface area contributed by atoms with E-state index in [1.807, 2.05) is 37.3 Å². The number of nitrogens with one attached hydrogen (secondary N) is 2. The quantitative estimate of drug-likeness (QED) is 0.503. The number of fused-ring (bicyclic) bond motifs is 1. The van der Waals surface area contributed by atoms with Crippen molar-refractivity contribution in [3.63, 3.8) is 0 Å². The molecule has 1 amide bonds. The van der Waals surface area contributed by atoms with Gasteiger partial charge < -0.3 is 15.1 Å². The van der Waals surface area contributed by atoms with Crippen LogP contribution in [0.3, 0.4) is 0 Å². The molecule has 6 heteroatoms. The van der Waals surface area contributed by atoms with E-state index in [-0.39, 0.29) is 23.5 Å². The Hall–Kier alpha value is -3.67. The number of hydrogen-bond acceptors (Lipinski definition) is 4. The Morgan fingerprint density at radius 2 is 1.82 bits per heavy atom. The fourth-order valence-electron chi connectivity index (χ4n) is 2.94. The van der Waals surface area contributed by atoms with Gasteiger partial charge in [-0.3, -0.25) is 4.79 Å². The van der Waals surface area contributed by atoms with Crippen LogP contribution in [-0.2, 0) is 0 Å².